The number of para-hydroxylation sites is 1. The molecule has 3 aromatic rings. The Hall–Kier alpha value is -3.87. The number of hydrogen-bond donors (Lipinski definition) is 4. The zero-order valence-electron chi connectivity index (χ0n) is 21.9. The molecule has 0 spiro atoms. The molecule has 0 radical (unpaired) electrons. The van der Waals surface area contributed by atoms with Crippen molar-refractivity contribution in [3.8, 4) is 0 Å². The van der Waals surface area contributed by atoms with Gasteiger partial charge in [-0.15, -0.1) is 0 Å². The van der Waals surface area contributed by atoms with Crippen molar-refractivity contribution in [1.82, 2.24) is 15.2 Å². The predicted molar refractivity (Wildman–Crippen MR) is 145 cm³/mol. The molecule has 0 unspecified atom stereocenters. The lowest BCUT2D eigenvalue weighted by Crippen LogP contribution is -2.51. The molecular weight excluding hydrogens is 525 g/mol. The lowest BCUT2D eigenvalue weighted by molar-refractivity contribution is -0.137. The van der Waals surface area contributed by atoms with Gasteiger partial charge in [-0.2, -0.15) is 13.2 Å². The predicted octanol–water partition coefficient (Wildman–Crippen LogP) is 1.56. The Balaban J connectivity index is 1.77. The maximum absolute atomic E-state index is 13.4. The van der Waals surface area contributed by atoms with Crippen LogP contribution >= 0.6 is 0 Å². The number of aromatic nitrogens is 1. The van der Waals surface area contributed by atoms with Crippen LogP contribution in [0.5, 0.6) is 0 Å². The minimum atomic E-state index is -4.51. The number of hydrogen-bond acceptors (Lipinski definition) is 7. The Kier molecular flexibility index (Phi) is 10.7. The third-order valence-electron chi connectivity index (χ3n) is 6.33. The van der Waals surface area contributed by atoms with E-state index in [9.17, 15) is 27.6 Å². The van der Waals surface area contributed by atoms with E-state index in [0.717, 1.165) is 23.0 Å². The van der Waals surface area contributed by atoms with E-state index in [-0.39, 0.29) is 45.4 Å². The quantitative estimate of drug-likeness (QED) is 0.248. The van der Waals surface area contributed by atoms with E-state index < -0.39 is 41.4 Å². The molecule has 0 aliphatic rings. The van der Waals surface area contributed by atoms with Gasteiger partial charge in [0.05, 0.1) is 29.6 Å². The standard InChI is InChI=1S/C28H33F3N6O3/c29-28(30,31)21-7-5-18(6-8-21)14-24(25(38)15-19-13-20-3-1-2-4-23(20)35-17-19)36-27(40)22(34)16-26(39)37(11-9-32)12-10-33/h1-8,13,17,22,24H,9-12,14-16,32-34H2,(H,36,40)/t22-,24-/m0/s1. The summed E-state index contributed by atoms with van der Waals surface area (Å²) in [6.07, 6.45) is -3.44. The molecule has 2 amide bonds. The number of benzene rings is 2. The highest BCUT2D eigenvalue weighted by Crippen LogP contribution is 2.29. The topological polar surface area (TPSA) is 157 Å². The van der Waals surface area contributed by atoms with Crippen molar-refractivity contribution < 1.29 is 27.6 Å². The van der Waals surface area contributed by atoms with E-state index in [4.69, 9.17) is 17.2 Å². The number of ketones is 1. The molecule has 0 saturated heterocycles. The van der Waals surface area contributed by atoms with Crippen molar-refractivity contribution >= 4 is 28.5 Å². The number of nitrogens with one attached hydrogen (secondary N) is 1. The van der Waals surface area contributed by atoms with E-state index in [1.807, 2.05) is 30.3 Å². The van der Waals surface area contributed by atoms with Crippen molar-refractivity contribution in [2.24, 2.45) is 17.2 Å². The Bertz CT molecular complexity index is 1310. The monoisotopic (exact) mass is 558 g/mol. The second-order valence-corrected chi connectivity index (χ2v) is 9.41. The Morgan fingerprint density at radius 2 is 1.60 bits per heavy atom. The summed E-state index contributed by atoms with van der Waals surface area (Å²) in [4.78, 5) is 44.7. The van der Waals surface area contributed by atoms with Crippen molar-refractivity contribution in [2.75, 3.05) is 26.2 Å². The summed E-state index contributed by atoms with van der Waals surface area (Å²) in [6.45, 7) is 0.916. The molecule has 0 aliphatic heterocycles. The number of nitrogens with two attached hydrogens (primary N) is 3. The highest BCUT2D eigenvalue weighted by Gasteiger charge is 2.31. The number of alkyl halides is 3. The molecule has 0 bridgehead atoms. The number of Topliss-reactive ketones (excluding diaryl/α,β-unsaturated/α-hetero) is 1. The fourth-order valence-electron chi connectivity index (χ4n) is 4.21. The van der Waals surface area contributed by atoms with E-state index in [0.29, 0.717) is 11.1 Å². The number of rotatable bonds is 13. The summed E-state index contributed by atoms with van der Waals surface area (Å²) in [5.41, 5.74) is 18.0. The molecule has 40 heavy (non-hydrogen) atoms. The van der Waals surface area contributed by atoms with Crippen LogP contribution < -0.4 is 22.5 Å². The molecule has 2 aromatic carbocycles. The second-order valence-electron chi connectivity index (χ2n) is 9.41. The van der Waals surface area contributed by atoms with Gasteiger partial charge in [0.1, 0.15) is 0 Å². The molecule has 0 saturated carbocycles. The Morgan fingerprint density at radius 3 is 2.23 bits per heavy atom. The maximum atomic E-state index is 13.4. The van der Waals surface area contributed by atoms with Crippen LogP contribution in [0.1, 0.15) is 23.1 Å². The zero-order valence-corrected chi connectivity index (χ0v) is 21.9. The number of fused-ring (bicyclic) bond motifs is 1. The van der Waals surface area contributed by atoms with Crippen LogP contribution in [0.25, 0.3) is 10.9 Å². The normalized spacial score (nSPS) is 13.1. The third kappa shape index (κ3) is 8.57. The molecule has 214 valence electrons. The summed E-state index contributed by atoms with van der Waals surface area (Å²) in [5, 5.41) is 3.43. The average molecular weight is 559 g/mol. The average Bonchev–Trinajstić information content (AvgIpc) is 2.92. The van der Waals surface area contributed by atoms with E-state index in [1.54, 1.807) is 6.20 Å². The number of carbonyl (C=O) groups is 3. The number of nitrogens with zero attached hydrogens (tertiary/aromatic N) is 2. The molecule has 3 rings (SSSR count). The maximum Gasteiger partial charge on any atom is 0.416 e. The van der Waals surface area contributed by atoms with Gasteiger partial charge in [0.15, 0.2) is 5.78 Å². The van der Waals surface area contributed by atoms with Crippen molar-refractivity contribution in [1.29, 1.82) is 0 Å². The molecule has 1 aromatic heterocycles. The number of amides is 2. The fraction of sp³-hybridized carbons (Fsp3) is 0.357. The lowest BCUT2D eigenvalue weighted by atomic mass is 9.96. The lowest BCUT2D eigenvalue weighted by Gasteiger charge is -2.24. The minimum absolute atomic E-state index is 0.0726. The van der Waals surface area contributed by atoms with Gasteiger partial charge in [-0.3, -0.25) is 19.4 Å². The van der Waals surface area contributed by atoms with Gasteiger partial charge < -0.3 is 27.4 Å². The van der Waals surface area contributed by atoms with Crippen LogP contribution in [0.3, 0.4) is 0 Å². The summed E-state index contributed by atoms with van der Waals surface area (Å²) in [6, 6.07) is 11.2. The van der Waals surface area contributed by atoms with Gasteiger partial charge in [0, 0.05) is 44.2 Å². The van der Waals surface area contributed by atoms with E-state index >= 15 is 0 Å². The smallest absolute Gasteiger partial charge is 0.345 e. The minimum Gasteiger partial charge on any atom is -0.345 e. The van der Waals surface area contributed by atoms with Gasteiger partial charge >= 0.3 is 6.18 Å². The van der Waals surface area contributed by atoms with Crippen molar-refractivity contribution in [3.63, 3.8) is 0 Å². The molecule has 7 N–H and O–H groups in total. The summed E-state index contributed by atoms with van der Waals surface area (Å²) in [7, 11) is 0. The summed E-state index contributed by atoms with van der Waals surface area (Å²) in [5.74, 6) is -1.54. The van der Waals surface area contributed by atoms with Gasteiger partial charge in [-0.1, -0.05) is 30.3 Å². The molecule has 0 fully saturated rings. The third-order valence-corrected chi connectivity index (χ3v) is 6.33. The Morgan fingerprint density at radius 1 is 0.950 bits per heavy atom. The number of pyridine rings is 1. The van der Waals surface area contributed by atoms with Crippen LogP contribution in [-0.2, 0) is 33.4 Å². The first-order valence-corrected chi connectivity index (χ1v) is 12.8. The van der Waals surface area contributed by atoms with E-state index in [1.165, 1.54) is 17.0 Å². The number of carbonyl (C=O) groups excluding carboxylic acids is 3. The Labute approximate surface area is 229 Å². The van der Waals surface area contributed by atoms with Crippen LogP contribution in [-0.4, -0.2) is 65.7 Å². The van der Waals surface area contributed by atoms with Gasteiger partial charge in [-0.25, -0.2) is 0 Å². The van der Waals surface area contributed by atoms with Crippen LogP contribution in [0.2, 0.25) is 0 Å². The molecular formula is C28H33F3N6O3. The van der Waals surface area contributed by atoms with Crippen LogP contribution in [0.15, 0.2) is 60.8 Å². The first-order valence-electron chi connectivity index (χ1n) is 12.8. The number of halogens is 3. The SMILES string of the molecule is NCCN(CCN)C(=O)C[C@H](N)C(=O)N[C@@H](Cc1ccc(C(F)(F)F)cc1)C(=O)Cc1cnc2ccccc2c1. The van der Waals surface area contributed by atoms with Crippen molar-refractivity contribution in [2.45, 2.75) is 37.5 Å². The molecule has 2 atom stereocenters. The first-order chi connectivity index (χ1) is 19.0. The summed E-state index contributed by atoms with van der Waals surface area (Å²) >= 11 is 0. The molecule has 12 heteroatoms. The summed E-state index contributed by atoms with van der Waals surface area (Å²) < 4.78 is 39.0. The van der Waals surface area contributed by atoms with Gasteiger partial charge in [-0.05, 0) is 41.8 Å². The molecule has 0 aliphatic carbocycles. The highest BCUT2D eigenvalue weighted by atomic mass is 19.4. The fourth-order valence-corrected chi connectivity index (χ4v) is 4.21. The van der Waals surface area contributed by atoms with Crippen LogP contribution in [0.4, 0.5) is 13.2 Å². The largest absolute Gasteiger partial charge is 0.416 e. The van der Waals surface area contributed by atoms with Crippen molar-refractivity contribution in [3.05, 3.63) is 77.5 Å². The molecule has 1 heterocycles. The van der Waals surface area contributed by atoms with Gasteiger partial charge in [0.25, 0.3) is 0 Å². The van der Waals surface area contributed by atoms with Gasteiger partial charge in [0.2, 0.25) is 11.8 Å². The highest BCUT2D eigenvalue weighted by molar-refractivity contribution is 5.94. The molecule has 9 nitrogen and oxygen atoms in total. The first kappa shape index (κ1) is 30.7. The zero-order chi connectivity index (χ0) is 29.3. The van der Waals surface area contributed by atoms with Crippen LogP contribution in [0, 0.1) is 0 Å². The van der Waals surface area contributed by atoms with E-state index in [2.05, 4.69) is 10.3 Å². The second kappa shape index (κ2) is 14.0.